The molecule has 144 valence electrons. The minimum atomic E-state index is 0. The van der Waals surface area contributed by atoms with Crippen molar-refractivity contribution in [2.24, 2.45) is 12.0 Å². The predicted molar refractivity (Wildman–Crippen MR) is 114 cm³/mol. The van der Waals surface area contributed by atoms with E-state index in [2.05, 4.69) is 27.6 Å². The lowest BCUT2D eigenvalue weighted by molar-refractivity contribution is 0.0468. The number of aryl methyl sites for hydroxylation is 2. The minimum absolute atomic E-state index is 0. The second kappa shape index (κ2) is 11.7. The zero-order valence-electron chi connectivity index (χ0n) is 16.1. The van der Waals surface area contributed by atoms with Crippen molar-refractivity contribution in [2.75, 3.05) is 20.2 Å². The van der Waals surface area contributed by atoms with Gasteiger partial charge in [0.1, 0.15) is 0 Å². The van der Waals surface area contributed by atoms with Crippen LogP contribution in [0.15, 0.2) is 4.99 Å². The van der Waals surface area contributed by atoms with Crippen molar-refractivity contribution in [3.8, 4) is 0 Å². The fourth-order valence-electron chi connectivity index (χ4n) is 3.27. The Balaban J connectivity index is 0.00000312. The van der Waals surface area contributed by atoms with Crippen molar-refractivity contribution >= 4 is 29.9 Å². The smallest absolute Gasteiger partial charge is 0.191 e. The summed E-state index contributed by atoms with van der Waals surface area (Å²) in [6.45, 7) is 6.38. The predicted octanol–water partition coefficient (Wildman–Crippen LogP) is 3.06. The Morgan fingerprint density at radius 3 is 2.44 bits per heavy atom. The molecule has 1 aliphatic carbocycles. The molecule has 25 heavy (non-hydrogen) atoms. The lowest BCUT2D eigenvalue weighted by atomic mass is 10.1. The highest BCUT2D eigenvalue weighted by Gasteiger charge is 2.12. The minimum Gasteiger partial charge on any atom is -0.376 e. The Labute approximate surface area is 169 Å². The van der Waals surface area contributed by atoms with Gasteiger partial charge in [0.2, 0.25) is 0 Å². The molecule has 1 saturated carbocycles. The lowest BCUT2D eigenvalue weighted by Crippen LogP contribution is -2.39. The number of guanidine groups is 1. The van der Waals surface area contributed by atoms with Gasteiger partial charge in [0.25, 0.3) is 0 Å². The Kier molecular flexibility index (Phi) is 10.4. The molecule has 0 aliphatic heterocycles. The number of hydrogen-bond donors (Lipinski definition) is 2. The van der Waals surface area contributed by atoms with Gasteiger partial charge in [-0.25, -0.2) is 0 Å². The van der Waals surface area contributed by atoms with Crippen LogP contribution in [0.25, 0.3) is 0 Å². The molecule has 1 aliphatic rings. The summed E-state index contributed by atoms with van der Waals surface area (Å²) in [5, 5.41) is 11.1. The van der Waals surface area contributed by atoms with E-state index in [4.69, 9.17) is 4.74 Å². The lowest BCUT2D eigenvalue weighted by Gasteiger charge is -2.17. The Bertz CT molecular complexity index is 536. The van der Waals surface area contributed by atoms with E-state index in [1.54, 1.807) is 7.05 Å². The SMILES string of the molecule is CN=C(NCCOC1CCCCCC1)NCc1c(C)nn(C)c1C.I. The van der Waals surface area contributed by atoms with Gasteiger partial charge in [-0.2, -0.15) is 5.10 Å². The van der Waals surface area contributed by atoms with Crippen molar-refractivity contribution in [2.45, 2.75) is 65.0 Å². The van der Waals surface area contributed by atoms with Crippen LogP contribution in [0.5, 0.6) is 0 Å². The maximum absolute atomic E-state index is 6.00. The number of rotatable bonds is 6. The van der Waals surface area contributed by atoms with Gasteiger partial charge >= 0.3 is 0 Å². The molecule has 6 nitrogen and oxygen atoms in total. The molecule has 2 N–H and O–H groups in total. The first-order valence-electron chi connectivity index (χ1n) is 9.17. The van der Waals surface area contributed by atoms with Gasteiger partial charge < -0.3 is 15.4 Å². The first kappa shape index (κ1) is 22.2. The topological polar surface area (TPSA) is 63.5 Å². The largest absolute Gasteiger partial charge is 0.376 e. The van der Waals surface area contributed by atoms with Gasteiger partial charge in [-0.3, -0.25) is 9.67 Å². The molecule has 0 saturated heterocycles. The molecule has 1 heterocycles. The maximum atomic E-state index is 6.00. The molecule has 0 bridgehead atoms. The van der Waals surface area contributed by atoms with Crippen LogP contribution in [0.2, 0.25) is 0 Å². The monoisotopic (exact) mass is 463 g/mol. The van der Waals surface area contributed by atoms with Gasteiger partial charge in [-0.15, -0.1) is 24.0 Å². The van der Waals surface area contributed by atoms with Crippen LogP contribution in [0, 0.1) is 13.8 Å². The number of halogens is 1. The van der Waals surface area contributed by atoms with Gasteiger partial charge in [-0.05, 0) is 26.7 Å². The molecular formula is C18H34IN5O. The van der Waals surface area contributed by atoms with E-state index in [9.17, 15) is 0 Å². The normalized spacial score (nSPS) is 16.2. The summed E-state index contributed by atoms with van der Waals surface area (Å²) in [7, 11) is 3.77. The van der Waals surface area contributed by atoms with Gasteiger partial charge in [0.15, 0.2) is 5.96 Å². The van der Waals surface area contributed by atoms with Crippen molar-refractivity contribution in [3.63, 3.8) is 0 Å². The number of aliphatic imine (C=N–C) groups is 1. The van der Waals surface area contributed by atoms with E-state index in [1.807, 2.05) is 18.7 Å². The number of ether oxygens (including phenoxy) is 1. The summed E-state index contributed by atoms with van der Waals surface area (Å²) in [6, 6.07) is 0. The zero-order chi connectivity index (χ0) is 17.4. The number of nitrogens with zero attached hydrogens (tertiary/aromatic N) is 3. The summed E-state index contributed by atoms with van der Waals surface area (Å²) in [4.78, 5) is 4.28. The zero-order valence-corrected chi connectivity index (χ0v) is 18.4. The fraction of sp³-hybridized carbons (Fsp3) is 0.778. The van der Waals surface area contributed by atoms with Crippen molar-refractivity contribution in [1.82, 2.24) is 20.4 Å². The number of nitrogens with one attached hydrogen (secondary N) is 2. The summed E-state index contributed by atoms with van der Waals surface area (Å²) in [5.41, 5.74) is 3.48. The maximum Gasteiger partial charge on any atom is 0.191 e. The average Bonchev–Trinajstić information content (AvgIpc) is 2.78. The summed E-state index contributed by atoms with van der Waals surface area (Å²) >= 11 is 0. The molecule has 0 aromatic carbocycles. The molecule has 0 amide bonds. The molecule has 0 spiro atoms. The van der Waals surface area contributed by atoms with Crippen LogP contribution < -0.4 is 10.6 Å². The quantitative estimate of drug-likeness (QED) is 0.224. The summed E-state index contributed by atoms with van der Waals surface area (Å²) < 4.78 is 7.92. The van der Waals surface area contributed by atoms with E-state index >= 15 is 0 Å². The first-order valence-corrected chi connectivity index (χ1v) is 9.17. The molecule has 0 unspecified atom stereocenters. The number of hydrogen-bond acceptors (Lipinski definition) is 3. The van der Waals surface area contributed by atoms with Crippen molar-refractivity contribution < 1.29 is 4.74 Å². The highest BCUT2D eigenvalue weighted by atomic mass is 127. The third-order valence-electron chi connectivity index (χ3n) is 4.87. The molecule has 1 aromatic heterocycles. The Morgan fingerprint density at radius 1 is 1.20 bits per heavy atom. The molecule has 2 rings (SSSR count). The molecule has 1 aromatic rings. The molecule has 1 fully saturated rings. The second-order valence-electron chi connectivity index (χ2n) is 6.61. The summed E-state index contributed by atoms with van der Waals surface area (Å²) in [5.74, 6) is 0.808. The highest BCUT2D eigenvalue weighted by Crippen LogP contribution is 2.19. The third kappa shape index (κ3) is 7.13. The summed E-state index contributed by atoms with van der Waals surface area (Å²) in [6.07, 6.45) is 8.23. The van der Waals surface area contributed by atoms with Crippen LogP contribution in [0.3, 0.4) is 0 Å². The van der Waals surface area contributed by atoms with E-state index in [-0.39, 0.29) is 24.0 Å². The van der Waals surface area contributed by atoms with Gasteiger partial charge in [0.05, 0.1) is 18.4 Å². The third-order valence-corrected chi connectivity index (χ3v) is 4.87. The van der Waals surface area contributed by atoms with Gasteiger partial charge in [0, 0.05) is 38.4 Å². The van der Waals surface area contributed by atoms with Crippen LogP contribution in [-0.2, 0) is 18.3 Å². The van der Waals surface area contributed by atoms with Crippen LogP contribution >= 0.6 is 24.0 Å². The second-order valence-corrected chi connectivity index (χ2v) is 6.61. The van der Waals surface area contributed by atoms with Crippen molar-refractivity contribution in [1.29, 1.82) is 0 Å². The molecule has 7 heteroatoms. The van der Waals surface area contributed by atoms with Crippen LogP contribution in [0.1, 0.15) is 55.5 Å². The van der Waals surface area contributed by atoms with E-state index in [0.717, 1.165) is 31.3 Å². The van der Waals surface area contributed by atoms with E-state index in [1.165, 1.54) is 49.8 Å². The standard InChI is InChI=1S/C18H33N5O.HI/c1-14-17(15(2)23(4)22-14)13-21-18(19-3)20-11-12-24-16-9-7-5-6-8-10-16;/h16H,5-13H2,1-4H3,(H2,19,20,21);1H. The Hall–Kier alpha value is -0.830. The molecular weight excluding hydrogens is 429 g/mol. The average molecular weight is 463 g/mol. The Morgan fingerprint density at radius 2 is 1.88 bits per heavy atom. The first-order chi connectivity index (χ1) is 11.6. The van der Waals surface area contributed by atoms with Crippen molar-refractivity contribution in [3.05, 3.63) is 17.0 Å². The van der Waals surface area contributed by atoms with Crippen LogP contribution in [-0.4, -0.2) is 42.0 Å². The van der Waals surface area contributed by atoms with Gasteiger partial charge in [-0.1, -0.05) is 25.7 Å². The molecule has 0 radical (unpaired) electrons. The van der Waals surface area contributed by atoms with Crippen LogP contribution in [0.4, 0.5) is 0 Å². The fourth-order valence-corrected chi connectivity index (χ4v) is 3.27. The van der Waals surface area contributed by atoms with E-state index < -0.39 is 0 Å². The molecule has 0 atom stereocenters. The number of aromatic nitrogens is 2. The van der Waals surface area contributed by atoms with E-state index in [0.29, 0.717) is 6.10 Å². The highest BCUT2D eigenvalue weighted by molar-refractivity contribution is 14.0.